The molecule has 1 amide bonds. The van der Waals surface area contributed by atoms with Gasteiger partial charge in [-0.1, -0.05) is 0 Å². The molecule has 0 radical (unpaired) electrons. The second kappa shape index (κ2) is 6.36. The molecule has 1 saturated carbocycles. The van der Waals surface area contributed by atoms with Crippen molar-refractivity contribution < 1.29 is 9.53 Å². The molecular formula is C21H25N5O2. The molecule has 1 saturated heterocycles. The van der Waals surface area contributed by atoms with Gasteiger partial charge >= 0.3 is 0 Å². The molecule has 1 N–H and O–H groups in total. The predicted molar refractivity (Wildman–Crippen MR) is 106 cm³/mol. The summed E-state index contributed by atoms with van der Waals surface area (Å²) in [4.78, 5) is 20.9. The van der Waals surface area contributed by atoms with Crippen LogP contribution in [0.5, 0.6) is 5.75 Å². The van der Waals surface area contributed by atoms with Gasteiger partial charge in [0, 0.05) is 43.7 Å². The summed E-state index contributed by atoms with van der Waals surface area (Å²) in [5.74, 6) is 2.07. The molecule has 5 rings (SSSR count). The number of imidazole rings is 2. The average Bonchev–Trinajstić information content (AvgIpc) is 3.10. The maximum absolute atomic E-state index is 11.6. The largest absolute Gasteiger partial charge is 0.488 e. The van der Waals surface area contributed by atoms with Gasteiger partial charge in [-0.3, -0.25) is 4.79 Å². The van der Waals surface area contributed by atoms with Crippen LogP contribution in [0.3, 0.4) is 0 Å². The topological polar surface area (TPSA) is 74.0 Å². The molecule has 146 valence electrons. The van der Waals surface area contributed by atoms with Gasteiger partial charge < -0.3 is 19.2 Å². The van der Waals surface area contributed by atoms with Crippen LogP contribution >= 0.6 is 0 Å². The highest BCUT2D eigenvalue weighted by Crippen LogP contribution is 2.41. The number of rotatable bonds is 5. The molecule has 0 bridgehead atoms. The van der Waals surface area contributed by atoms with Crippen LogP contribution in [0.25, 0.3) is 22.3 Å². The molecule has 28 heavy (non-hydrogen) atoms. The summed E-state index contributed by atoms with van der Waals surface area (Å²) in [5.41, 5.74) is 3.89. The summed E-state index contributed by atoms with van der Waals surface area (Å²) in [6.07, 6.45) is 6.77. The summed E-state index contributed by atoms with van der Waals surface area (Å²) in [6, 6.07) is 4.68. The smallest absolute Gasteiger partial charge is 0.220 e. The summed E-state index contributed by atoms with van der Waals surface area (Å²) >= 11 is 0. The highest BCUT2D eigenvalue weighted by atomic mass is 16.5. The van der Waals surface area contributed by atoms with Crippen molar-refractivity contribution in [1.29, 1.82) is 0 Å². The first-order valence-corrected chi connectivity index (χ1v) is 9.94. The maximum Gasteiger partial charge on any atom is 0.220 e. The highest BCUT2D eigenvalue weighted by Gasteiger charge is 2.30. The maximum atomic E-state index is 11.6. The minimum absolute atomic E-state index is 0.0644. The Morgan fingerprint density at radius 2 is 2.14 bits per heavy atom. The second-order valence-corrected chi connectivity index (χ2v) is 8.10. The highest BCUT2D eigenvalue weighted by molar-refractivity contribution is 5.87. The van der Waals surface area contributed by atoms with E-state index in [1.807, 2.05) is 38.0 Å². The Hall–Kier alpha value is -2.83. The van der Waals surface area contributed by atoms with Gasteiger partial charge in [-0.25, -0.2) is 9.97 Å². The van der Waals surface area contributed by atoms with E-state index in [9.17, 15) is 4.79 Å². The van der Waals surface area contributed by atoms with Gasteiger partial charge in [-0.15, -0.1) is 0 Å². The van der Waals surface area contributed by atoms with Crippen LogP contribution in [0.1, 0.15) is 38.1 Å². The third kappa shape index (κ3) is 2.95. The molecule has 0 spiro atoms. The first kappa shape index (κ1) is 17.3. The van der Waals surface area contributed by atoms with E-state index in [0.717, 1.165) is 33.9 Å². The van der Waals surface area contributed by atoms with Gasteiger partial charge in [0.05, 0.1) is 17.5 Å². The summed E-state index contributed by atoms with van der Waals surface area (Å²) in [5, 5.41) is 2.91. The molecule has 2 aromatic heterocycles. The summed E-state index contributed by atoms with van der Waals surface area (Å²) in [7, 11) is 2.00. The Balaban J connectivity index is 1.57. The standard InChI is InChI=1S/C21H25N5O2/c1-12(15-8-20(27)22-9-15)28-19-7-14(18-10-25(3)13(2)24-18)6-17-21(19)26(11-23-17)16-4-5-16/h6-7,10-12,15-16H,4-5,8-9H2,1-3H3,(H,22,27)/t12?,15-/m1/s1. The number of carbonyl (C=O) groups excluding carboxylic acids is 1. The molecular weight excluding hydrogens is 354 g/mol. The molecule has 7 heteroatoms. The summed E-state index contributed by atoms with van der Waals surface area (Å²) < 4.78 is 10.7. The number of carbonyl (C=O) groups is 1. The lowest BCUT2D eigenvalue weighted by Gasteiger charge is -2.21. The van der Waals surface area contributed by atoms with Crippen LogP contribution in [0.15, 0.2) is 24.7 Å². The zero-order valence-corrected chi connectivity index (χ0v) is 16.5. The van der Waals surface area contributed by atoms with E-state index in [4.69, 9.17) is 4.74 Å². The molecule has 1 aromatic carbocycles. The number of nitrogens with one attached hydrogen (secondary N) is 1. The first-order chi connectivity index (χ1) is 13.5. The quantitative estimate of drug-likeness (QED) is 0.740. The molecule has 7 nitrogen and oxygen atoms in total. The predicted octanol–water partition coefficient (Wildman–Crippen LogP) is 2.98. The number of hydrogen-bond donors (Lipinski definition) is 1. The van der Waals surface area contributed by atoms with Crippen LogP contribution in [-0.4, -0.2) is 37.7 Å². The zero-order valence-electron chi connectivity index (χ0n) is 16.5. The van der Waals surface area contributed by atoms with Crippen molar-refractivity contribution in [3.63, 3.8) is 0 Å². The van der Waals surface area contributed by atoms with Gasteiger partial charge in [0.1, 0.15) is 23.2 Å². The second-order valence-electron chi connectivity index (χ2n) is 8.10. The van der Waals surface area contributed by atoms with Crippen molar-refractivity contribution in [2.75, 3.05) is 6.54 Å². The molecule has 2 fully saturated rings. The SMILES string of the molecule is Cc1nc(-c2cc(OC(C)[C@H]3CNC(=O)C3)c3c(c2)ncn3C2CC2)cn1C. The number of ether oxygens (including phenoxy) is 1. The van der Waals surface area contributed by atoms with E-state index < -0.39 is 0 Å². The number of benzene rings is 1. The lowest BCUT2D eigenvalue weighted by molar-refractivity contribution is -0.119. The van der Waals surface area contributed by atoms with Crippen LogP contribution in [0.4, 0.5) is 0 Å². The Kier molecular flexibility index (Phi) is 3.92. The lowest BCUT2D eigenvalue weighted by Crippen LogP contribution is -2.25. The minimum Gasteiger partial charge on any atom is -0.488 e. The normalized spacial score (nSPS) is 20.5. The van der Waals surface area contributed by atoms with E-state index in [0.29, 0.717) is 19.0 Å². The van der Waals surface area contributed by atoms with Crippen LogP contribution < -0.4 is 10.1 Å². The number of aromatic nitrogens is 4. The van der Waals surface area contributed by atoms with Crippen LogP contribution in [0, 0.1) is 12.8 Å². The van der Waals surface area contributed by atoms with Crippen molar-refractivity contribution in [1.82, 2.24) is 24.4 Å². The lowest BCUT2D eigenvalue weighted by atomic mass is 10.0. The number of fused-ring (bicyclic) bond motifs is 1. The zero-order chi connectivity index (χ0) is 19.4. The van der Waals surface area contributed by atoms with E-state index in [2.05, 4.69) is 32.0 Å². The average molecular weight is 379 g/mol. The van der Waals surface area contributed by atoms with Crippen LogP contribution in [-0.2, 0) is 11.8 Å². The monoisotopic (exact) mass is 379 g/mol. The van der Waals surface area contributed by atoms with Gasteiger partial charge in [0.25, 0.3) is 0 Å². The molecule has 1 aliphatic heterocycles. The Labute approximate surface area is 163 Å². The molecule has 1 aliphatic carbocycles. The van der Waals surface area contributed by atoms with Crippen molar-refractivity contribution >= 4 is 16.9 Å². The fourth-order valence-corrected chi connectivity index (χ4v) is 3.95. The van der Waals surface area contributed by atoms with Gasteiger partial charge in [0.15, 0.2) is 0 Å². The molecule has 2 atom stereocenters. The van der Waals surface area contributed by atoms with E-state index in [1.54, 1.807) is 0 Å². The number of hydrogen-bond acceptors (Lipinski definition) is 4. The fraction of sp³-hybridized carbons (Fsp3) is 0.476. The summed E-state index contributed by atoms with van der Waals surface area (Å²) in [6.45, 7) is 4.71. The Bertz CT molecular complexity index is 1040. The minimum atomic E-state index is -0.0644. The number of nitrogens with zero attached hydrogens (tertiary/aromatic N) is 4. The van der Waals surface area contributed by atoms with Gasteiger partial charge in [-0.05, 0) is 38.8 Å². The van der Waals surface area contributed by atoms with E-state index in [-0.39, 0.29) is 17.9 Å². The van der Waals surface area contributed by atoms with Gasteiger partial charge in [-0.2, -0.15) is 0 Å². The van der Waals surface area contributed by atoms with E-state index >= 15 is 0 Å². The fourth-order valence-electron chi connectivity index (χ4n) is 3.95. The number of aryl methyl sites for hydroxylation is 2. The van der Waals surface area contributed by atoms with Crippen molar-refractivity contribution in [2.45, 2.75) is 45.3 Å². The third-order valence-corrected chi connectivity index (χ3v) is 5.96. The Morgan fingerprint density at radius 1 is 1.32 bits per heavy atom. The molecule has 2 aliphatic rings. The van der Waals surface area contributed by atoms with E-state index in [1.165, 1.54) is 12.8 Å². The van der Waals surface area contributed by atoms with Gasteiger partial charge in [0.2, 0.25) is 5.91 Å². The number of amides is 1. The molecule has 3 heterocycles. The molecule has 1 unspecified atom stereocenters. The van der Waals surface area contributed by atoms with Crippen molar-refractivity contribution in [2.24, 2.45) is 13.0 Å². The van der Waals surface area contributed by atoms with Crippen molar-refractivity contribution in [3.05, 3.63) is 30.5 Å². The first-order valence-electron chi connectivity index (χ1n) is 9.94. The Morgan fingerprint density at radius 3 is 2.79 bits per heavy atom. The third-order valence-electron chi connectivity index (χ3n) is 5.96. The van der Waals surface area contributed by atoms with Crippen LogP contribution in [0.2, 0.25) is 0 Å². The molecule has 3 aromatic rings. The van der Waals surface area contributed by atoms with Crippen molar-refractivity contribution in [3.8, 4) is 17.0 Å².